The van der Waals surface area contributed by atoms with Crippen molar-refractivity contribution in [2.24, 2.45) is 0 Å². The SMILES string of the molecule is CC.CC.CC(=O)CCC(=O)NCCCOCCOCCOCCCNF. The first-order valence-corrected chi connectivity index (χ1v) is 9.99. The molecular formula is C19H41FN2O5. The van der Waals surface area contributed by atoms with Gasteiger partial charge >= 0.3 is 0 Å². The lowest BCUT2D eigenvalue weighted by Crippen LogP contribution is -2.25. The molecular weight excluding hydrogens is 355 g/mol. The topological polar surface area (TPSA) is 85.9 Å². The number of rotatable bonds is 17. The van der Waals surface area contributed by atoms with Crippen LogP contribution in [-0.2, 0) is 23.8 Å². The van der Waals surface area contributed by atoms with Crippen molar-refractivity contribution in [2.45, 2.75) is 60.3 Å². The highest BCUT2D eigenvalue weighted by atomic mass is 19.2. The van der Waals surface area contributed by atoms with Crippen LogP contribution in [0.5, 0.6) is 0 Å². The maximum atomic E-state index is 11.5. The van der Waals surface area contributed by atoms with Crippen LogP contribution in [0.15, 0.2) is 0 Å². The Morgan fingerprint density at radius 3 is 1.63 bits per heavy atom. The number of ether oxygens (including phenoxy) is 3. The molecule has 0 saturated heterocycles. The van der Waals surface area contributed by atoms with Crippen LogP contribution in [0.25, 0.3) is 0 Å². The molecule has 0 aliphatic heterocycles. The lowest BCUT2D eigenvalue weighted by atomic mass is 10.2. The van der Waals surface area contributed by atoms with Gasteiger partial charge in [-0.15, -0.1) is 4.48 Å². The summed E-state index contributed by atoms with van der Waals surface area (Å²) in [6.45, 7) is 13.3. The Labute approximate surface area is 164 Å². The highest BCUT2D eigenvalue weighted by Gasteiger charge is 2.02. The van der Waals surface area contributed by atoms with Gasteiger partial charge in [0, 0.05) is 39.1 Å². The molecule has 0 spiro atoms. The van der Waals surface area contributed by atoms with Gasteiger partial charge in [-0.2, -0.15) is 5.54 Å². The van der Waals surface area contributed by atoms with Crippen LogP contribution < -0.4 is 10.9 Å². The molecule has 0 atom stereocenters. The molecule has 0 bridgehead atoms. The van der Waals surface area contributed by atoms with E-state index in [0.29, 0.717) is 59.2 Å². The standard InChI is InChI=1S/C15H29FN2O5.2C2H6/c1-14(19)4-5-15(20)17-6-2-8-21-10-12-23-13-11-22-9-3-7-18-16;2*1-2/h18H,2-13H2,1H3,(H,17,20);2*1-2H3. The van der Waals surface area contributed by atoms with Crippen LogP contribution >= 0.6 is 0 Å². The summed E-state index contributed by atoms with van der Waals surface area (Å²) in [7, 11) is 0. The lowest BCUT2D eigenvalue weighted by molar-refractivity contribution is -0.124. The Bertz CT molecular complexity index is 308. The van der Waals surface area contributed by atoms with Crippen molar-refractivity contribution in [1.29, 1.82) is 0 Å². The second-order valence-corrected chi connectivity index (χ2v) is 4.98. The first kappa shape index (κ1) is 30.6. The number of carbonyl (C=O) groups excluding carboxylic acids is 2. The van der Waals surface area contributed by atoms with Crippen molar-refractivity contribution in [1.82, 2.24) is 10.9 Å². The molecule has 0 aromatic heterocycles. The largest absolute Gasteiger partial charge is 0.379 e. The third kappa shape index (κ3) is 33.0. The Morgan fingerprint density at radius 2 is 1.19 bits per heavy atom. The minimum atomic E-state index is -0.106. The van der Waals surface area contributed by atoms with Crippen molar-refractivity contribution >= 4 is 11.7 Å². The van der Waals surface area contributed by atoms with Crippen molar-refractivity contribution in [2.75, 3.05) is 52.7 Å². The van der Waals surface area contributed by atoms with Gasteiger partial charge < -0.3 is 24.3 Å². The zero-order valence-electron chi connectivity index (χ0n) is 17.9. The minimum absolute atomic E-state index is 0.0191. The second-order valence-electron chi connectivity index (χ2n) is 4.98. The van der Waals surface area contributed by atoms with Crippen LogP contribution in [0.3, 0.4) is 0 Å². The highest BCUT2D eigenvalue weighted by molar-refractivity contribution is 5.83. The third-order valence-corrected chi connectivity index (χ3v) is 2.80. The van der Waals surface area contributed by atoms with Crippen molar-refractivity contribution < 1.29 is 28.3 Å². The lowest BCUT2D eigenvalue weighted by Gasteiger charge is -2.07. The summed E-state index contributed by atoms with van der Waals surface area (Å²) in [5.41, 5.74) is 1.56. The van der Waals surface area contributed by atoms with Crippen LogP contribution in [-0.4, -0.2) is 64.4 Å². The predicted molar refractivity (Wildman–Crippen MR) is 106 cm³/mol. The number of nitrogens with one attached hydrogen (secondary N) is 2. The van der Waals surface area contributed by atoms with E-state index >= 15 is 0 Å². The summed E-state index contributed by atoms with van der Waals surface area (Å²) < 4.78 is 27.4. The van der Waals surface area contributed by atoms with Crippen LogP contribution in [0.1, 0.15) is 60.3 Å². The average Bonchev–Trinajstić information content (AvgIpc) is 2.69. The Morgan fingerprint density at radius 1 is 0.741 bits per heavy atom. The number of carbonyl (C=O) groups is 2. The van der Waals surface area contributed by atoms with Gasteiger partial charge in [-0.3, -0.25) is 4.79 Å². The van der Waals surface area contributed by atoms with Gasteiger partial charge in [-0.1, -0.05) is 27.7 Å². The fourth-order valence-corrected chi connectivity index (χ4v) is 1.56. The van der Waals surface area contributed by atoms with E-state index in [9.17, 15) is 14.1 Å². The predicted octanol–water partition coefficient (Wildman–Crippen LogP) is 2.83. The highest BCUT2D eigenvalue weighted by Crippen LogP contribution is 1.90. The van der Waals surface area contributed by atoms with E-state index in [1.165, 1.54) is 6.92 Å². The first-order chi connectivity index (χ1) is 13.2. The number of Topliss-reactive ketones (excluding diaryl/α,β-unsaturated/α-hetero) is 1. The van der Waals surface area contributed by atoms with Crippen LogP contribution in [0.2, 0.25) is 0 Å². The average molecular weight is 397 g/mol. The Balaban J connectivity index is -0.00000134. The van der Waals surface area contributed by atoms with Gasteiger partial charge in [0.05, 0.1) is 26.4 Å². The number of hydrogen-bond acceptors (Lipinski definition) is 6. The van der Waals surface area contributed by atoms with E-state index in [1.807, 2.05) is 27.7 Å². The van der Waals surface area contributed by atoms with Crippen LogP contribution in [0, 0.1) is 0 Å². The molecule has 2 N–H and O–H groups in total. The molecule has 0 heterocycles. The molecule has 0 radical (unpaired) electrons. The minimum Gasteiger partial charge on any atom is -0.379 e. The van der Waals surface area contributed by atoms with E-state index in [-0.39, 0.29) is 24.5 Å². The van der Waals surface area contributed by atoms with Crippen molar-refractivity contribution in [3.8, 4) is 0 Å². The van der Waals surface area contributed by atoms with Gasteiger partial charge in [0.25, 0.3) is 0 Å². The summed E-state index contributed by atoms with van der Waals surface area (Å²) in [4.78, 5) is 22.0. The summed E-state index contributed by atoms with van der Waals surface area (Å²) in [5.74, 6) is -0.0866. The summed E-state index contributed by atoms with van der Waals surface area (Å²) >= 11 is 0. The molecule has 164 valence electrons. The molecule has 0 rings (SSSR count). The van der Waals surface area contributed by atoms with Crippen LogP contribution in [0.4, 0.5) is 4.48 Å². The Kier molecular flexibility index (Phi) is 33.7. The number of hydrogen-bond donors (Lipinski definition) is 2. The van der Waals surface area contributed by atoms with E-state index in [0.717, 1.165) is 6.42 Å². The smallest absolute Gasteiger partial charge is 0.220 e. The molecule has 0 fully saturated rings. The number of halogens is 1. The zero-order valence-corrected chi connectivity index (χ0v) is 17.9. The van der Waals surface area contributed by atoms with Gasteiger partial charge in [0.1, 0.15) is 5.78 Å². The molecule has 0 aromatic rings. The van der Waals surface area contributed by atoms with E-state index in [1.54, 1.807) is 5.54 Å². The fraction of sp³-hybridized carbons (Fsp3) is 0.895. The van der Waals surface area contributed by atoms with E-state index in [4.69, 9.17) is 14.2 Å². The van der Waals surface area contributed by atoms with Gasteiger partial charge in [-0.05, 0) is 19.8 Å². The van der Waals surface area contributed by atoms with E-state index in [2.05, 4.69) is 5.32 Å². The van der Waals surface area contributed by atoms with E-state index < -0.39 is 0 Å². The maximum absolute atomic E-state index is 11.5. The molecule has 0 saturated carbocycles. The quantitative estimate of drug-likeness (QED) is 0.290. The molecule has 0 unspecified atom stereocenters. The normalized spacial score (nSPS) is 9.56. The molecule has 1 amide bonds. The fourth-order valence-electron chi connectivity index (χ4n) is 1.56. The molecule has 0 aromatic carbocycles. The van der Waals surface area contributed by atoms with Gasteiger partial charge in [0.15, 0.2) is 0 Å². The van der Waals surface area contributed by atoms with Crippen molar-refractivity contribution in [3.63, 3.8) is 0 Å². The van der Waals surface area contributed by atoms with Gasteiger partial charge in [0.2, 0.25) is 5.91 Å². The zero-order chi connectivity index (χ0) is 21.2. The van der Waals surface area contributed by atoms with Gasteiger partial charge in [-0.25, -0.2) is 0 Å². The summed E-state index contributed by atoms with van der Waals surface area (Å²) in [5, 5.41) is 2.73. The molecule has 0 aliphatic carbocycles. The first-order valence-electron chi connectivity index (χ1n) is 9.99. The molecule has 27 heavy (non-hydrogen) atoms. The molecule has 8 heteroatoms. The number of amides is 1. The monoisotopic (exact) mass is 396 g/mol. The maximum Gasteiger partial charge on any atom is 0.220 e. The second kappa shape index (κ2) is 29.7. The molecule has 0 aliphatic rings. The third-order valence-electron chi connectivity index (χ3n) is 2.80. The summed E-state index contributed by atoms with van der Waals surface area (Å²) in [6.07, 6.45) is 1.88. The molecule has 7 nitrogen and oxygen atoms in total. The number of ketones is 1. The van der Waals surface area contributed by atoms with Crippen molar-refractivity contribution in [3.05, 3.63) is 0 Å². The summed E-state index contributed by atoms with van der Waals surface area (Å²) in [6, 6.07) is 0. The Hall–Kier alpha value is -1.09.